The van der Waals surface area contributed by atoms with Gasteiger partial charge in [-0.2, -0.15) is 0 Å². The van der Waals surface area contributed by atoms with Crippen molar-refractivity contribution in [2.24, 2.45) is 0 Å². The second-order valence-corrected chi connectivity index (χ2v) is 6.07. The van der Waals surface area contributed by atoms with Gasteiger partial charge in [0.05, 0.1) is 0 Å². The van der Waals surface area contributed by atoms with Crippen LogP contribution in [0.15, 0.2) is 18.2 Å². The summed E-state index contributed by atoms with van der Waals surface area (Å²) < 4.78 is 0. The maximum Gasteiger partial charge on any atom is 0.0319 e. The SMILES string of the molecule is CC1c2ccc(C(C)(C)C)cc2CCN1C. The molecule has 1 aliphatic rings. The highest BCUT2D eigenvalue weighted by atomic mass is 15.1. The highest BCUT2D eigenvalue weighted by Gasteiger charge is 2.22. The molecule has 1 nitrogen and oxygen atoms in total. The van der Waals surface area contributed by atoms with E-state index in [0.717, 1.165) is 0 Å². The molecule has 1 aliphatic heterocycles. The molecule has 1 aromatic carbocycles. The van der Waals surface area contributed by atoms with Crippen molar-refractivity contribution >= 4 is 0 Å². The van der Waals surface area contributed by atoms with E-state index in [4.69, 9.17) is 0 Å². The zero-order chi connectivity index (χ0) is 11.9. The Bertz CT molecular complexity index is 387. The van der Waals surface area contributed by atoms with Gasteiger partial charge in [0.25, 0.3) is 0 Å². The summed E-state index contributed by atoms with van der Waals surface area (Å²) in [6.07, 6.45) is 1.19. The summed E-state index contributed by atoms with van der Waals surface area (Å²) in [4.78, 5) is 2.43. The Morgan fingerprint density at radius 3 is 2.56 bits per heavy atom. The van der Waals surface area contributed by atoms with Crippen LogP contribution in [-0.2, 0) is 11.8 Å². The van der Waals surface area contributed by atoms with Gasteiger partial charge in [0.2, 0.25) is 0 Å². The van der Waals surface area contributed by atoms with Crippen molar-refractivity contribution < 1.29 is 0 Å². The fourth-order valence-electron chi connectivity index (χ4n) is 2.42. The van der Waals surface area contributed by atoms with Gasteiger partial charge in [-0.1, -0.05) is 39.0 Å². The van der Waals surface area contributed by atoms with Crippen LogP contribution in [0.4, 0.5) is 0 Å². The Kier molecular flexibility index (Phi) is 2.83. The molecule has 0 bridgehead atoms. The maximum absolute atomic E-state index is 2.43. The third-order valence-corrected chi connectivity index (χ3v) is 3.85. The molecule has 0 amide bonds. The van der Waals surface area contributed by atoms with Crippen LogP contribution in [0.5, 0.6) is 0 Å². The fourth-order valence-corrected chi connectivity index (χ4v) is 2.42. The topological polar surface area (TPSA) is 3.24 Å². The number of hydrogen-bond donors (Lipinski definition) is 0. The number of fused-ring (bicyclic) bond motifs is 1. The molecule has 0 radical (unpaired) electrons. The van der Waals surface area contributed by atoms with Crippen molar-refractivity contribution in [3.63, 3.8) is 0 Å². The molecule has 1 heteroatoms. The van der Waals surface area contributed by atoms with Gasteiger partial charge in [-0.05, 0) is 42.5 Å². The summed E-state index contributed by atoms with van der Waals surface area (Å²) >= 11 is 0. The summed E-state index contributed by atoms with van der Waals surface area (Å²) in [5.41, 5.74) is 4.80. The number of likely N-dealkylation sites (N-methyl/N-ethyl adjacent to an activating group) is 1. The monoisotopic (exact) mass is 217 g/mol. The number of nitrogens with zero attached hydrogens (tertiary/aromatic N) is 1. The molecule has 0 saturated carbocycles. The van der Waals surface area contributed by atoms with Crippen molar-refractivity contribution in [3.8, 4) is 0 Å². The molecule has 88 valence electrons. The molecule has 1 heterocycles. The molecule has 1 unspecified atom stereocenters. The van der Waals surface area contributed by atoms with E-state index in [9.17, 15) is 0 Å². The van der Waals surface area contributed by atoms with Crippen LogP contribution < -0.4 is 0 Å². The lowest BCUT2D eigenvalue weighted by Crippen LogP contribution is -2.30. The number of rotatable bonds is 0. The van der Waals surface area contributed by atoms with Crippen molar-refractivity contribution in [1.82, 2.24) is 4.90 Å². The predicted molar refractivity (Wildman–Crippen MR) is 69.9 cm³/mol. The lowest BCUT2D eigenvalue weighted by Gasteiger charge is -2.33. The maximum atomic E-state index is 2.43. The third-order valence-electron chi connectivity index (χ3n) is 3.85. The average molecular weight is 217 g/mol. The number of benzene rings is 1. The summed E-state index contributed by atoms with van der Waals surface area (Å²) in [7, 11) is 2.21. The van der Waals surface area contributed by atoms with Gasteiger partial charge >= 0.3 is 0 Å². The average Bonchev–Trinajstić information content (AvgIpc) is 2.22. The van der Waals surface area contributed by atoms with E-state index in [2.05, 4.69) is 57.8 Å². The van der Waals surface area contributed by atoms with Gasteiger partial charge in [0.15, 0.2) is 0 Å². The first-order valence-corrected chi connectivity index (χ1v) is 6.23. The van der Waals surface area contributed by atoms with Gasteiger partial charge in [-0.25, -0.2) is 0 Å². The van der Waals surface area contributed by atoms with Crippen molar-refractivity contribution in [2.75, 3.05) is 13.6 Å². The molecule has 0 aromatic heterocycles. The van der Waals surface area contributed by atoms with Gasteiger partial charge < -0.3 is 0 Å². The summed E-state index contributed by atoms with van der Waals surface area (Å²) in [6.45, 7) is 10.3. The van der Waals surface area contributed by atoms with Gasteiger partial charge in [0.1, 0.15) is 0 Å². The second kappa shape index (κ2) is 3.89. The van der Waals surface area contributed by atoms with Crippen LogP contribution in [0.25, 0.3) is 0 Å². The van der Waals surface area contributed by atoms with Crippen molar-refractivity contribution in [3.05, 3.63) is 34.9 Å². The zero-order valence-corrected chi connectivity index (χ0v) is 11.2. The van der Waals surface area contributed by atoms with E-state index < -0.39 is 0 Å². The van der Waals surface area contributed by atoms with Gasteiger partial charge in [-0.3, -0.25) is 4.90 Å². The van der Waals surface area contributed by atoms with Crippen molar-refractivity contribution in [2.45, 2.75) is 45.6 Å². The minimum absolute atomic E-state index is 0.265. The molecule has 1 aromatic rings. The van der Waals surface area contributed by atoms with E-state index in [1.54, 1.807) is 5.56 Å². The highest BCUT2D eigenvalue weighted by molar-refractivity contribution is 5.38. The molecule has 0 saturated heterocycles. The number of hydrogen-bond acceptors (Lipinski definition) is 1. The molecule has 0 N–H and O–H groups in total. The molecule has 0 fully saturated rings. The standard InChI is InChI=1S/C15H23N/c1-11-14-7-6-13(15(2,3)4)10-12(14)8-9-16(11)5/h6-7,10-11H,8-9H2,1-5H3. The summed E-state index contributed by atoms with van der Waals surface area (Å²) in [5.74, 6) is 0. The molecule has 16 heavy (non-hydrogen) atoms. The Balaban J connectivity index is 2.41. The predicted octanol–water partition coefficient (Wildman–Crippen LogP) is 3.53. The van der Waals surface area contributed by atoms with Gasteiger partial charge in [0, 0.05) is 12.6 Å². The Hall–Kier alpha value is -0.820. The Morgan fingerprint density at radius 1 is 1.25 bits per heavy atom. The fraction of sp³-hybridized carbons (Fsp3) is 0.600. The molecular weight excluding hydrogens is 194 g/mol. The molecule has 2 rings (SSSR count). The van der Waals surface area contributed by atoms with Crippen LogP contribution in [0, 0.1) is 0 Å². The summed E-state index contributed by atoms with van der Waals surface area (Å²) in [6, 6.07) is 7.61. The minimum Gasteiger partial charge on any atom is -0.299 e. The molecule has 0 spiro atoms. The molecular formula is C15H23N. The molecule has 0 aliphatic carbocycles. The molecule has 1 atom stereocenters. The lowest BCUT2D eigenvalue weighted by molar-refractivity contribution is 0.247. The van der Waals surface area contributed by atoms with Crippen LogP contribution in [0.1, 0.15) is 50.4 Å². The second-order valence-electron chi connectivity index (χ2n) is 6.07. The van der Waals surface area contributed by atoms with E-state index in [0.29, 0.717) is 6.04 Å². The largest absolute Gasteiger partial charge is 0.299 e. The van der Waals surface area contributed by atoms with Crippen LogP contribution in [0.3, 0.4) is 0 Å². The minimum atomic E-state index is 0.265. The smallest absolute Gasteiger partial charge is 0.0319 e. The van der Waals surface area contributed by atoms with Crippen LogP contribution >= 0.6 is 0 Å². The third kappa shape index (κ3) is 2.01. The van der Waals surface area contributed by atoms with Gasteiger partial charge in [-0.15, -0.1) is 0 Å². The van der Waals surface area contributed by atoms with E-state index in [1.165, 1.54) is 24.1 Å². The van der Waals surface area contributed by atoms with Crippen molar-refractivity contribution in [1.29, 1.82) is 0 Å². The van der Waals surface area contributed by atoms with E-state index in [-0.39, 0.29) is 5.41 Å². The first-order chi connectivity index (χ1) is 7.39. The lowest BCUT2D eigenvalue weighted by atomic mass is 9.83. The van der Waals surface area contributed by atoms with E-state index in [1.807, 2.05) is 0 Å². The van der Waals surface area contributed by atoms with Crippen LogP contribution in [-0.4, -0.2) is 18.5 Å². The Morgan fingerprint density at radius 2 is 1.94 bits per heavy atom. The highest BCUT2D eigenvalue weighted by Crippen LogP contribution is 2.32. The quantitative estimate of drug-likeness (QED) is 0.642. The first kappa shape index (κ1) is 11.7. The van der Waals surface area contributed by atoms with E-state index >= 15 is 0 Å². The van der Waals surface area contributed by atoms with Crippen LogP contribution in [0.2, 0.25) is 0 Å². The first-order valence-electron chi connectivity index (χ1n) is 6.23. The zero-order valence-electron chi connectivity index (χ0n) is 11.2. The summed E-state index contributed by atoms with van der Waals surface area (Å²) in [5, 5.41) is 0. The Labute approximate surface area is 99.5 Å². The normalized spacial score (nSPS) is 21.9.